The number of benzene rings is 4. The molecule has 0 saturated heterocycles. The molecule has 4 aromatic rings. The van der Waals surface area contributed by atoms with Gasteiger partial charge in [-0.05, 0) is 192 Å². The largest absolute Gasteiger partial charge is 0.419 e. The van der Waals surface area contributed by atoms with E-state index in [0.29, 0.717) is 57.8 Å². The SMILES string of the molecule is CC(C)(C)CC(=O)Nc1ccc(CC(C)(C)C)cc1.CC(C)(C)CCS(=O)(=O)CCC(C)(C)C.CC(C)(C)CCS(=O)(=O)c1ccc(CC(C)(C)C)cc1.CC(C)(C)CSC(C)(C)C.CC(C)(C)Cc1ccc(NC(=O)C(C)(C)C)cc1.CC(C)CC(=O)NNC(C)C.CC(C)S(=O)(=O)c1ccc(OC(=O)CC(C)(C)C)c([N+](=O)[O-])c1. The molecule has 0 unspecified atom stereocenters. The summed E-state index contributed by atoms with van der Waals surface area (Å²) in [6.45, 7) is 80.6. The van der Waals surface area contributed by atoms with Crippen LogP contribution in [0.4, 0.5) is 17.1 Å². The first kappa shape index (κ1) is 114. The Morgan fingerprint density at radius 2 is 0.802 bits per heavy atom. The first-order valence-corrected chi connectivity index (χ1v) is 47.2. The first-order valence-electron chi connectivity index (χ1n) is 41.2. The molecule has 0 heterocycles. The number of carbonyl (C=O) groups is 4. The molecule has 0 aliphatic heterocycles. The number of anilines is 2. The molecule has 0 spiro atoms. The van der Waals surface area contributed by atoms with E-state index in [1.807, 2.05) is 117 Å². The van der Waals surface area contributed by atoms with E-state index >= 15 is 0 Å². The van der Waals surface area contributed by atoms with Crippen LogP contribution in [0.2, 0.25) is 0 Å². The Labute approximate surface area is 713 Å². The number of ether oxygens (including phenoxy) is 1. The summed E-state index contributed by atoms with van der Waals surface area (Å²) in [6.07, 6.45) is 6.42. The van der Waals surface area contributed by atoms with Crippen molar-refractivity contribution in [2.45, 2.75) is 354 Å². The van der Waals surface area contributed by atoms with Crippen molar-refractivity contribution >= 4 is 82.0 Å². The average Bonchev–Trinajstić information content (AvgIpc) is 0.800. The summed E-state index contributed by atoms with van der Waals surface area (Å²) in [5, 5.41) is 16.3. The Morgan fingerprint density at radius 3 is 1.10 bits per heavy atom. The Balaban J connectivity index is -0.00000130. The molecule has 0 bridgehead atoms. The van der Waals surface area contributed by atoms with Crippen LogP contribution in [0, 0.1) is 70.2 Å². The molecular weight excluding hydrogens is 1540 g/mol. The Bertz CT molecular complexity index is 3900. The Morgan fingerprint density at radius 1 is 0.440 bits per heavy atom. The minimum Gasteiger partial charge on any atom is -0.419 e. The third kappa shape index (κ3) is 64.3. The lowest BCUT2D eigenvalue weighted by molar-refractivity contribution is -0.385. The van der Waals surface area contributed by atoms with Gasteiger partial charge in [-0.2, -0.15) is 11.8 Å². The van der Waals surface area contributed by atoms with Gasteiger partial charge in [0.05, 0.1) is 43.6 Å². The summed E-state index contributed by atoms with van der Waals surface area (Å²) in [4.78, 5) is 57.1. The highest BCUT2D eigenvalue weighted by Crippen LogP contribution is 2.35. The highest BCUT2D eigenvalue weighted by molar-refractivity contribution is 8.00. The highest BCUT2D eigenvalue weighted by Gasteiger charge is 2.29. The lowest BCUT2D eigenvalue weighted by Crippen LogP contribution is -2.41. The fourth-order valence-electron chi connectivity index (χ4n) is 9.50. The lowest BCUT2D eigenvalue weighted by atomic mass is 9.88. The quantitative estimate of drug-likeness (QED) is 0.0233. The van der Waals surface area contributed by atoms with Crippen LogP contribution in [-0.2, 0) is 68.0 Å². The fourth-order valence-corrected chi connectivity index (χ4v) is 15.2. The summed E-state index contributed by atoms with van der Waals surface area (Å²) >= 11 is 2.04. The number of sulfone groups is 3. The lowest BCUT2D eigenvalue weighted by Gasteiger charge is -2.24. The van der Waals surface area contributed by atoms with E-state index in [0.717, 1.165) is 55.6 Å². The molecule has 0 fully saturated rings. The molecule has 22 heteroatoms. The van der Waals surface area contributed by atoms with E-state index in [4.69, 9.17) is 4.74 Å². The number of hydrazine groups is 1. The number of nitro groups is 1. The number of rotatable bonds is 23. The number of esters is 1. The standard InChI is InChI=1S/C17H27NO.C17H28O2S.C16H25NO.C15H21NO6S.C12H26O2S.C9H20S.C8H18N2O/c1-16(2,3)11-13-7-9-14(10-8-13)18-15(19)12-17(4,5)6;1-16(2,3)11-12-20(18,19)15-9-7-14(8-10-15)13-17(4,5)6;1-15(2,3)11-12-7-9-13(10-8-12)17-14(18)16(4,5)6;1-10(2)23(20,21)11-6-7-13(12(8-11)16(18)19)22-14(17)9-15(3,4)5;1-11(2,3)7-9-15(13,14)10-8-12(4,5)6;1-8(2,3)7-10-9(4,5)6;1-6(2)5-8(11)10-9-7(3)4/h7-10H,11-12H2,1-6H3,(H,18,19);7-10H,11-13H2,1-6H3;7-10H,11H2,1-6H3,(H,17,18);6-8,10H,9H2,1-5H3;7-10H2,1-6H3;7H2,1-6H3;6-7,9H,5H2,1-4H3,(H,10,11). The zero-order chi connectivity index (χ0) is 91.9. The maximum Gasteiger partial charge on any atom is 0.312 e. The van der Waals surface area contributed by atoms with Gasteiger partial charge < -0.3 is 15.4 Å². The molecule has 4 N–H and O–H groups in total. The number of nitro benzene ring substituents is 1. The van der Waals surface area contributed by atoms with Crippen molar-refractivity contribution < 1.29 is 54.1 Å². The third-order valence-electron chi connectivity index (χ3n) is 15.8. The molecule has 116 heavy (non-hydrogen) atoms. The van der Waals surface area contributed by atoms with Crippen LogP contribution in [0.3, 0.4) is 0 Å². The number of carbonyl (C=O) groups excluding carboxylic acids is 4. The molecule has 4 aromatic carbocycles. The number of hydrogen-bond acceptors (Lipinski definition) is 15. The number of hydrogen-bond donors (Lipinski definition) is 4. The van der Waals surface area contributed by atoms with Gasteiger partial charge in [0.1, 0.15) is 9.84 Å². The average molecular weight is 1700 g/mol. The van der Waals surface area contributed by atoms with Gasteiger partial charge in [0.15, 0.2) is 19.7 Å². The van der Waals surface area contributed by atoms with Crippen molar-refractivity contribution in [1.82, 2.24) is 10.9 Å². The van der Waals surface area contributed by atoms with Crippen molar-refractivity contribution in [3.8, 4) is 5.75 Å². The molecule has 668 valence electrons. The molecule has 0 radical (unpaired) electrons. The second kappa shape index (κ2) is 48.1. The second-order valence-corrected chi connectivity index (χ2v) is 53.5. The van der Waals surface area contributed by atoms with Crippen LogP contribution in [0.5, 0.6) is 5.75 Å². The van der Waals surface area contributed by atoms with Gasteiger partial charge >= 0.3 is 11.7 Å². The van der Waals surface area contributed by atoms with Crippen LogP contribution in [0.25, 0.3) is 0 Å². The summed E-state index contributed by atoms with van der Waals surface area (Å²) in [6, 6.07) is 27.3. The van der Waals surface area contributed by atoms with Crippen LogP contribution in [-0.4, -0.2) is 92.9 Å². The van der Waals surface area contributed by atoms with E-state index in [-0.39, 0.29) is 89.3 Å². The zero-order valence-corrected chi connectivity index (χ0v) is 83.2. The zero-order valence-electron chi connectivity index (χ0n) is 80.0. The molecular formula is C94H165N5O13S4. The minimum absolute atomic E-state index is 0.0241. The predicted molar refractivity (Wildman–Crippen MR) is 495 cm³/mol. The fraction of sp³-hybridized carbons (Fsp3) is 0.702. The summed E-state index contributed by atoms with van der Waals surface area (Å²) < 4.78 is 77.7. The van der Waals surface area contributed by atoms with Gasteiger partial charge in [0.2, 0.25) is 23.5 Å². The van der Waals surface area contributed by atoms with Crippen molar-refractivity contribution in [2.24, 2.45) is 60.1 Å². The van der Waals surface area contributed by atoms with E-state index in [1.54, 1.807) is 12.1 Å². The molecule has 0 atom stereocenters. The van der Waals surface area contributed by atoms with E-state index in [2.05, 4.69) is 233 Å². The van der Waals surface area contributed by atoms with Crippen LogP contribution >= 0.6 is 11.8 Å². The predicted octanol–water partition coefficient (Wildman–Crippen LogP) is 24.4. The van der Waals surface area contributed by atoms with Crippen LogP contribution < -0.4 is 26.2 Å². The number of amides is 3. The molecule has 0 aromatic heterocycles. The summed E-state index contributed by atoms with van der Waals surface area (Å²) in [5.74, 6) is 1.86. The van der Waals surface area contributed by atoms with Crippen LogP contribution in [0.1, 0.15) is 325 Å². The molecule has 0 aliphatic rings. The van der Waals surface area contributed by atoms with Gasteiger partial charge in [-0.1, -0.05) is 279 Å². The van der Waals surface area contributed by atoms with Crippen molar-refractivity contribution in [1.29, 1.82) is 0 Å². The van der Waals surface area contributed by atoms with Gasteiger partial charge in [-0.25, -0.2) is 30.7 Å². The first-order chi connectivity index (χ1) is 51.5. The maximum atomic E-state index is 12.3. The Kier molecular flexibility index (Phi) is 47.5. The molecule has 0 aliphatic carbocycles. The van der Waals surface area contributed by atoms with Crippen molar-refractivity contribution in [3.63, 3.8) is 0 Å². The van der Waals surface area contributed by atoms with Gasteiger partial charge in [-0.3, -0.25) is 34.7 Å². The summed E-state index contributed by atoms with van der Waals surface area (Å²) in [7, 11) is -9.65. The topological polar surface area (TPSA) is 271 Å². The maximum absolute atomic E-state index is 12.3. The minimum atomic E-state index is -3.65. The summed E-state index contributed by atoms with van der Waals surface area (Å²) in [5.41, 5.74) is 11.3. The normalized spacial score (nSPS) is 12.7. The molecule has 0 saturated carbocycles. The van der Waals surface area contributed by atoms with Gasteiger partial charge in [0.25, 0.3) is 0 Å². The van der Waals surface area contributed by atoms with Gasteiger partial charge in [-0.15, -0.1) is 0 Å². The molecule has 4 rings (SSSR count). The van der Waals surface area contributed by atoms with Crippen LogP contribution in [0.15, 0.2) is 101 Å². The smallest absolute Gasteiger partial charge is 0.312 e. The van der Waals surface area contributed by atoms with Crippen molar-refractivity contribution in [3.05, 3.63) is 118 Å². The Hall–Kier alpha value is -5.68. The number of nitrogens with one attached hydrogen (secondary N) is 4. The van der Waals surface area contributed by atoms with E-state index < -0.39 is 51.3 Å². The monoisotopic (exact) mass is 1700 g/mol. The molecule has 18 nitrogen and oxygen atoms in total. The van der Waals surface area contributed by atoms with Crippen molar-refractivity contribution in [2.75, 3.05) is 33.6 Å². The van der Waals surface area contributed by atoms with E-state index in [1.165, 1.54) is 42.4 Å². The highest BCUT2D eigenvalue weighted by atomic mass is 32.2. The van der Waals surface area contributed by atoms with E-state index in [9.17, 15) is 54.5 Å². The number of nitrogens with zero attached hydrogens (tertiary/aromatic N) is 1. The second-order valence-electron chi connectivity index (χ2n) is 44.7. The number of thioether (sulfide) groups is 1. The van der Waals surface area contributed by atoms with Gasteiger partial charge in [0, 0.05) is 46.5 Å². The third-order valence-corrected chi connectivity index (χ3v) is 23.2. The molecule has 3 amide bonds.